The van der Waals surface area contributed by atoms with E-state index < -0.39 is 0 Å². The molecular formula is C28H30ClN3O. The summed E-state index contributed by atoms with van der Waals surface area (Å²) >= 11 is 6.34. The minimum absolute atomic E-state index is 0.156. The third-order valence-electron chi connectivity index (χ3n) is 6.55. The third-order valence-corrected chi connectivity index (χ3v) is 6.78. The number of aromatic nitrogens is 1. The van der Waals surface area contributed by atoms with Gasteiger partial charge in [0.15, 0.2) is 0 Å². The van der Waals surface area contributed by atoms with Gasteiger partial charge in [0.1, 0.15) is 0 Å². The topological polar surface area (TPSA) is 45.6 Å². The molecule has 0 bridgehead atoms. The molecule has 33 heavy (non-hydrogen) atoms. The molecule has 1 fully saturated rings. The highest BCUT2D eigenvalue weighted by Gasteiger charge is 2.26. The number of hydrogen-bond acceptors (Lipinski definition) is 3. The van der Waals surface area contributed by atoms with Crippen LogP contribution in [0.5, 0.6) is 0 Å². The summed E-state index contributed by atoms with van der Waals surface area (Å²) in [5, 5.41) is 0.772. The maximum absolute atomic E-state index is 12.9. The molecule has 2 aromatic rings. The largest absolute Gasteiger partial charge is 0.342 e. The van der Waals surface area contributed by atoms with Gasteiger partial charge in [0, 0.05) is 35.6 Å². The smallest absolute Gasteiger partial charge is 0.226 e. The Balaban J connectivity index is 1.64. The third kappa shape index (κ3) is 5.17. The molecular weight excluding hydrogens is 430 g/mol. The first-order valence-electron chi connectivity index (χ1n) is 11.5. The quantitative estimate of drug-likeness (QED) is 0.408. The van der Waals surface area contributed by atoms with Crippen LogP contribution >= 0.6 is 11.6 Å². The zero-order valence-corrected chi connectivity index (χ0v) is 20.2. The molecule has 1 aliphatic heterocycles. The molecule has 2 heterocycles. The minimum atomic E-state index is 0.156. The maximum atomic E-state index is 12.9. The molecule has 0 spiro atoms. The molecule has 1 amide bonds. The van der Waals surface area contributed by atoms with Crippen molar-refractivity contribution < 1.29 is 4.79 Å². The highest BCUT2D eigenvalue weighted by atomic mass is 35.5. The van der Waals surface area contributed by atoms with Gasteiger partial charge in [-0.1, -0.05) is 35.4 Å². The Labute approximate surface area is 201 Å². The van der Waals surface area contributed by atoms with E-state index in [2.05, 4.69) is 36.0 Å². The van der Waals surface area contributed by atoms with Crippen molar-refractivity contribution in [1.29, 1.82) is 0 Å². The lowest BCUT2D eigenvalue weighted by Gasteiger charge is -2.30. The second-order valence-corrected chi connectivity index (χ2v) is 9.10. The van der Waals surface area contributed by atoms with Gasteiger partial charge in [-0.2, -0.15) is 0 Å². The Hall–Kier alpha value is -2.98. The molecule has 0 atom stereocenters. The zero-order valence-electron chi connectivity index (χ0n) is 19.4. The zero-order chi connectivity index (χ0) is 23.4. The highest BCUT2D eigenvalue weighted by molar-refractivity contribution is 6.30. The lowest BCUT2D eigenvalue weighted by Crippen LogP contribution is -2.36. The van der Waals surface area contributed by atoms with E-state index in [-0.39, 0.29) is 5.91 Å². The Kier molecular flexibility index (Phi) is 7.24. The van der Waals surface area contributed by atoms with Gasteiger partial charge in [0.05, 0.1) is 12.1 Å². The summed E-state index contributed by atoms with van der Waals surface area (Å²) in [7, 11) is 0. The summed E-state index contributed by atoms with van der Waals surface area (Å²) in [6.07, 6.45) is 9.44. The predicted octanol–water partition coefficient (Wildman–Crippen LogP) is 6.12. The van der Waals surface area contributed by atoms with E-state index in [4.69, 9.17) is 16.6 Å². The van der Waals surface area contributed by atoms with Gasteiger partial charge in [0.25, 0.3) is 0 Å². The Morgan fingerprint density at radius 3 is 2.64 bits per heavy atom. The van der Waals surface area contributed by atoms with Crippen LogP contribution in [0.3, 0.4) is 0 Å². The first kappa shape index (κ1) is 23.2. The number of aryl methyl sites for hydroxylation is 3. The van der Waals surface area contributed by atoms with Gasteiger partial charge in [-0.15, -0.1) is 0 Å². The van der Waals surface area contributed by atoms with Crippen molar-refractivity contribution in [2.75, 3.05) is 13.1 Å². The molecule has 0 unspecified atom stereocenters. The number of allylic oxidation sites excluding steroid dienone is 2. The van der Waals surface area contributed by atoms with Crippen LogP contribution in [-0.2, 0) is 17.6 Å². The number of carbonyl (C=O) groups excluding carboxylic acids is 1. The van der Waals surface area contributed by atoms with E-state index in [0.29, 0.717) is 6.42 Å². The number of carbonyl (C=O) groups is 1. The van der Waals surface area contributed by atoms with E-state index in [0.717, 1.165) is 60.8 Å². The van der Waals surface area contributed by atoms with Crippen LogP contribution in [0.1, 0.15) is 54.3 Å². The number of aliphatic imine (C=N–C) groups is 1. The van der Waals surface area contributed by atoms with E-state index in [1.54, 1.807) is 6.20 Å². The number of halogens is 1. The maximum Gasteiger partial charge on any atom is 0.226 e. The molecule has 1 aromatic heterocycles. The minimum Gasteiger partial charge on any atom is -0.342 e. The highest BCUT2D eigenvalue weighted by Crippen LogP contribution is 2.38. The summed E-state index contributed by atoms with van der Waals surface area (Å²) in [5.74, 6) is 0.156. The van der Waals surface area contributed by atoms with Crippen molar-refractivity contribution >= 4 is 29.8 Å². The number of pyridine rings is 1. The Morgan fingerprint density at radius 1 is 1.15 bits per heavy atom. The Morgan fingerprint density at radius 2 is 1.91 bits per heavy atom. The second-order valence-electron chi connectivity index (χ2n) is 8.66. The monoisotopic (exact) mass is 459 g/mol. The fraction of sp³-hybridized carbons (Fsp3) is 0.321. The molecule has 1 aliphatic carbocycles. The van der Waals surface area contributed by atoms with Crippen molar-refractivity contribution in [3.63, 3.8) is 0 Å². The van der Waals surface area contributed by atoms with Crippen LogP contribution in [-0.4, -0.2) is 35.6 Å². The molecule has 1 saturated heterocycles. The second kappa shape index (κ2) is 10.3. The summed E-state index contributed by atoms with van der Waals surface area (Å²) in [5.41, 5.74) is 9.52. The van der Waals surface area contributed by atoms with E-state index in [9.17, 15) is 4.79 Å². The number of likely N-dealkylation sites (tertiary alicyclic amines) is 1. The average Bonchev–Trinajstić information content (AvgIpc) is 2.97. The average molecular weight is 460 g/mol. The number of hydrogen-bond donors (Lipinski definition) is 0. The summed E-state index contributed by atoms with van der Waals surface area (Å²) in [4.78, 5) is 23.6. The van der Waals surface area contributed by atoms with E-state index >= 15 is 0 Å². The fourth-order valence-corrected chi connectivity index (χ4v) is 4.93. The van der Waals surface area contributed by atoms with Crippen LogP contribution in [0.15, 0.2) is 64.8 Å². The summed E-state index contributed by atoms with van der Waals surface area (Å²) in [6.45, 7) is 8.90. The SMILES string of the molecule is C=NC=CC(=CC)CC(=O)N1CCC(=C2c3ccc(Cl)cc3CCc3ccc(C)nc32)CC1. The van der Waals surface area contributed by atoms with Gasteiger partial charge in [-0.3, -0.25) is 14.8 Å². The van der Waals surface area contributed by atoms with Gasteiger partial charge in [-0.25, -0.2) is 0 Å². The normalized spacial score (nSPS) is 16.5. The molecule has 4 rings (SSSR count). The van der Waals surface area contributed by atoms with Gasteiger partial charge in [-0.05, 0) is 92.8 Å². The van der Waals surface area contributed by atoms with Gasteiger partial charge < -0.3 is 4.90 Å². The lowest BCUT2D eigenvalue weighted by molar-refractivity contribution is -0.130. The lowest BCUT2D eigenvalue weighted by atomic mass is 9.88. The molecule has 0 N–H and O–H groups in total. The summed E-state index contributed by atoms with van der Waals surface area (Å²) < 4.78 is 0. The summed E-state index contributed by atoms with van der Waals surface area (Å²) in [6, 6.07) is 10.5. The van der Waals surface area contributed by atoms with Crippen LogP contribution in [0.2, 0.25) is 5.02 Å². The molecule has 170 valence electrons. The fourth-order valence-electron chi connectivity index (χ4n) is 4.74. The number of benzene rings is 1. The van der Waals surface area contributed by atoms with Crippen molar-refractivity contribution in [2.24, 2.45) is 4.99 Å². The predicted molar refractivity (Wildman–Crippen MR) is 137 cm³/mol. The Bertz CT molecular complexity index is 1170. The van der Waals surface area contributed by atoms with Crippen molar-refractivity contribution in [2.45, 2.75) is 46.0 Å². The van der Waals surface area contributed by atoms with E-state index in [1.165, 1.54) is 27.8 Å². The van der Waals surface area contributed by atoms with Gasteiger partial charge in [0.2, 0.25) is 5.91 Å². The molecule has 1 aromatic carbocycles. The van der Waals surface area contributed by atoms with E-state index in [1.807, 2.05) is 37.0 Å². The van der Waals surface area contributed by atoms with Crippen LogP contribution in [0, 0.1) is 6.92 Å². The van der Waals surface area contributed by atoms with Crippen LogP contribution < -0.4 is 0 Å². The first-order valence-corrected chi connectivity index (χ1v) is 11.9. The number of piperidine rings is 1. The van der Waals surface area contributed by atoms with Crippen LogP contribution in [0.4, 0.5) is 0 Å². The molecule has 4 nitrogen and oxygen atoms in total. The molecule has 5 heteroatoms. The first-order chi connectivity index (χ1) is 16.0. The molecule has 0 radical (unpaired) electrons. The number of amides is 1. The molecule has 0 saturated carbocycles. The number of rotatable bonds is 4. The van der Waals surface area contributed by atoms with Crippen molar-refractivity contribution in [3.05, 3.63) is 92.9 Å². The number of nitrogens with zero attached hydrogens (tertiary/aromatic N) is 3. The van der Waals surface area contributed by atoms with Crippen molar-refractivity contribution in [1.82, 2.24) is 9.88 Å². The number of fused-ring (bicyclic) bond motifs is 2. The molecule has 2 aliphatic rings. The standard InChI is InChI=1S/C28H30ClN3O/c1-4-20(11-14-30-3)17-26(33)32-15-12-21(13-16-32)27-25-10-9-24(29)18-23(25)8-7-22-6-5-19(2)31-28(22)27/h4-6,9-11,14,18H,3,7-8,12-13,15-17H2,1-2H3. The van der Waals surface area contributed by atoms with Crippen molar-refractivity contribution in [3.8, 4) is 0 Å². The van der Waals surface area contributed by atoms with Crippen LogP contribution in [0.25, 0.3) is 5.57 Å². The van der Waals surface area contributed by atoms with Gasteiger partial charge >= 0.3 is 0 Å².